The zero-order chi connectivity index (χ0) is 9.19. The Kier molecular flexibility index (Phi) is 3.16. The fourth-order valence-electron chi connectivity index (χ4n) is 1.68. The van der Waals surface area contributed by atoms with Gasteiger partial charge in [-0.3, -0.25) is 0 Å². The first-order valence-electron chi connectivity index (χ1n) is 5.27. The van der Waals surface area contributed by atoms with Gasteiger partial charge in [0.25, 0.3) is 0 Å². The van der Waals surface area contributed by atoms with E-state index < -0.39 is 0 Å². The van der Waals surface area contributed by atoms with Gasteiger partial charge >= 0.3 is 0 Å². The van der Waals surface area contributed by atoms with E-state index in [0.29, 0.717) is 5.41 Å². The van der Waals surface area contributed by atoms with E-state index in [-0.39, 0.29) is 0 Å². The highest BCUT2D eigenvalue weighted by Gasteiger charge is 2.31. The van der Waals surface area contributed by atoms with Crippen LogP contribution in [0.4, 0.5) is 0 Å². The fourth-order valence-corrected chi connectivity index (χ4v) is 1.68. The van der Waals surface area contributed by atoms with Crippen LogP contribution < -0.4 is 5.32 Å². The molecular weight excluding hydrogens is 146 g/mol. The molecule has 1 rings (SSSR count). The minimum absolute atomic E-state index is 0.429. The van der Waals surface area contributed by atoms with E-state index >= 15 is 0 Å². The highest BCUT2D eigenvalue weighted by Crippen LogP contribution is 2.37. The molecule has 1 unspecified atom stereocenters. The minimum Gasteiger partial charge on any atom is -0.314 e. The van der Waals surface area contributed by atoms with Crippen LogP contribution in [-0.2, 0) is 0 Å². The molecule has 1 N–H and O–H groups in total. The van der Waals surface area contributed by atoms with Crippen molar-refractivity contribution in [1.82, 2.24) is 5.32 Å². The van der Waals surface area contributed by atoms with Crippen molar-refractivity contribution < 1.29 is 0 Å². The first kappa shape index (κ1) is 10.0. The quantitative estimate of drug-likeness (QED) is 0.682. The average molecular weight is 169 g/mol. The lowest BCUT2D eigenvalue weighted by Crippen LogP contribution is -2.40. The molecule has 0 aromatic heterocycles. The predicted octanol–water partition coefficient (Wildman–Crippen LogP) is 2.81. The topological polar surface area (TPSA) is 12.0 Å². The molecule has 0 spiro atoms. The largest absolute Gasteiger partial charge is 0.314 e. The molecule has 0 bridgehead atoms. The first-order chi connectivity index (χ1) is 5.54. The van der Waals surface area contributed by atoms with Crippen molar-refractivity contribution in [2.75, 3.05) is 6.54 Å². The Hall–Kier alpha value is -0.0400. The molecule has 1 saturated carbocycles. The summed E-state index contributed by atoms with van der Waals surface area (Å²) in [6, 6.07) is 0.718. The van der Waals surface area contributed by atoms with Gasteiger partial charge < -0.3 is 5.32 Å². The maximum Gasteiger partial charge on any atom is 0.0118 e. The summed E-state index contributed by atoms with van der Waals surface area (Å²) in [5.41, 5.74) is 0.429. The third-order valence-electron chi connectivity index (χ3n) is 2.76. The summed E-state index contributed by atoms with van der Waals surface area (Å²) in [7, 11) is 0. The maximum absolute atomic E-state index is 3.59. The van der Waals surface area contributed by atoms with Crippen LogP contribution in [0.1, 0.15) is 47.0 Å². The van der Waals surface area contributed by atoms with E-state index in [0.717, 1.165) is 18.5 Å². The minimum atomic E-state index is 0.429. The SMILES string of the molecule is CCNC(CC1CC1)C(C)(C)C. The zero-order valence-corrected chi connectivity index (χ0v) is 8.98. The molecular formula is C11H23N. The molecule has 0 radical (unpaired) electrons. The van der Waals surface area contributed by atoms with E-state index in [1.54, 1.807) is 0 Å². The van der Waals surface area contributed by atoms with Crippen molar-refractivity contribution in [2.45, 2.75) is 53.0 Å². The average Bonchev–Trinajstić information content (AvgIpc) is 2.68. The molecule has 0 amide bonds. The Morgan fingerprint density at radius 2 is 1.92 bits per heavy atom. The molecule has 1 aliphatic carbocycles. The lowest BCUT2D eigenvalue weighted by Gasteiger charge is -2.31. The van der Waals surface area contributed by atoms with Gasteiger partial charge in [-0.15, -0.1) is 0 Å². The lowest BCUT2D eigenvalue weighted by atomic mass is 9.83. The number of rotatable bonds is 4. The second-order valence-electron chi connectivity index (χ2n) is 5.16. The third-order valence-corrected chi connectivity index (χ3v) is 2.76. The van der Waals surface area contributed by atoms with Gasteiger partial charge in [0.05, 0.1) is 0 Å². The van der Waals surface area contributed by atoms with E-state index in [1.807, 2.05) is 0 Å². The molecule has 0 aromatic carbocycles. The van der Waals surface area contributed by atoms with Crippen LogP contribution in [-0.4, -0.2) is 12.6 Å². The summed E-state index contributed by atoms with van der Waals surface area (Å²) in [6.45, 7) is 10.3. The first-order valence-corrected chi connectivity index (χ1v) is 5.27. The fraction of sp³-hybridized carbons (Fsp3) is 1.00. The molecule has 1 atom stereocenters. The molecule has 72 valence electrons. The van der Waals surface area contributed by atoms with Crippen molar-refractivity contribution in [3.8, 4) is 0 Å². The maximum atomic E-state index is 3.59. The van der Waals surface area contributed by atoms with Gasteiger partial charge in [0.1, 0.15) is 0 Å². The molecule has 1 aliphatic rings. The molecule has 0 saturated heterocycles. The van der Waals surface area contributed by atoms with Crippen LogP contribution in [0.3, 0.4) is 0 Å². The summed E-state index contributed by atoms with van der Waals surface area (Å²) in [5, 5.41) is 3.59. The van der Waals surface area contributed by atoms with Crippen molar-refractivity contribution in [1.29, 1.82) is 0 Å². The van der Waals surface area contributed by atoms with Crippen LogP contribution in [0.5, 0.6) is 0 Å². The summed E-state index contributed by atoms with van der Waals surface area (Å²) in [5.74, 6) is 1.04. The Balaban J connectivity index is 2.35. The van der Waals surface area contributed by atoms with E-state index in [9.17, 15) is 0 Å². The summed E-state index contributed by atoms with van der Waals surface area (Å²) < 4.78 is 0. The van der Waals surface area contributed by atoms with Gasteiger partial charge in [0, 0.05) is 6.04 Å². The smallest absolute Gasteiger partial charge is 0.0118 e. The molecule has 1 nitrogen and oxygen atoms in total. The Bertz CT molecular complexity index is 130. The van der Waals surface area contributed by atoms with Gasteiger partial charge in [0.15, 0.2) is 0 Å². The van der Waals surface area contributed by atoms with Crippen molar-refractivity contribution in [2.24, 2.45) is 11.3 Å². The van der Waals surface area contributed by atoms with Gasteiger partial charge in [-0.05, 0) is 24.3 Å². The summed E-state index contributed by atoms with van der Waals surface area (Å²) >= 11 is 0. The zero-order valence-electron chi connectivity index (χ0n) is 8.98. The van der Waals surface area contributed by atoms with Crippen LogP contribution in [0.2, 0.25) is 0 Å². The second kappa shape index (κ2) is 3.78. The van der Waals surface area contributed by atoms with Crippen LogP contribution in [0, 0.1) is 11.3 Å². The van der Waals surface area contributed by atoms with E-state index in [1.165, 1.54) is 19.3 Å². The van der Waals surface area contributed by atoms with Crippen LogP contribution >= 0.6 is 0 Å². The Labute approximate surface area is 76.9 Å². The summed E-state index contributed by atoms with van der Waals surface area (Å²) in [4.78, 5) is 0. The van der Waals surface area contributed by atoms with Crippen molar-refractivity contribution in [3.63, 3.8) is 0 Å². The predicted molar refractivity (Wildman–Crippen MR) is 54.3 cm³/mol. The number of hydrogen-bond donors (Lipinski definition) is 1. The molecule has 0 aromatic rings. The monoisotopic (exact) mass is 169 g/mol. The highest BCUT2D eigenvalue weighted by molar-refractivity contribution is 4.86. The van der Waals surface area contributed by atoms with Crippen molar-refractivity contribution in [3.05, 3.63) is 0 Å². The van der Waals surface area contributed by atoms with E-state index in [4.69, 9.17) is 0 Å². The summed E-state index contributed by atoms with van der Waals surface area (Å²) in [6.07, 6.45) is 4.33. The molecule has 12 heavy (non-hydrogen) atoms. The van der Waals surface area contributed by atoms with Gasteiger partial charge in [-0.25, -0.2) is 0 Å². The lowest BCUT2D eigenvalue weighted by molar-refractivity contribution is 0.249. The Morgan fingerprint density at radius 3 is 2.25 bits per heavy atom. The molecule has 1 heteroatoms. The van der Waals surface area contributed by atoms with E-state index in [2.05, 4.69) is 33.0 Å². The molecule has 1 fully saturated rings. The number of hydrogen-bond acceptors (Lipinski definition) is 1. The third kappa shape index (κ3) is 3.14. The highest BCUT2D eigenvalue weighted by atomic mass is 14.9. The molecule has 0 heterocycles. The standard InChI is InChI=1S/C11H23N/c1-5-12-10(11(2,3)4)8-9-6-7-9/h9-10,12H,5-8H2,1-4H3. The molecule has 0 aliphatic heterocycles. The normalized spacial score (nSPS) is 21.0. The van der Waals surface area contributed by atoms with Crippen molar-refractivity contribution >= 4 is 0 Å². The second-order valence-corrected chi connectivity index (χ2v) is 5.16. The van der Waals surface area contributed by atoms with Gasteiger partial charge in [0.2, 0.25) is 0 Å². The Morgan fingerprint density at radius 1 is 1.33 bits per heavy atom. The van der Waals surface area contributed by atoms with Gasteiger partial charge in [-0.2, -0.15) is 0 Å². The van der Waals surface area contributed by atoms with Crippen LogP contribution in [0.15, 0.2) is 0 Å². The van der Waals surface area contributed by atoms with Gasteiger partial charge in [-0.1, -0.05) is 40.5 Å². The number of nitrogens with one attached hydrogen (secondary N) is 1. The van der Waals surface area contributed by atoms with Crippen LogP contribution in [0.25, 0.3) is 0 Å².